The van der Waals surface area contributed by atoms with E-state index in [0.717, 1.165) is 10.5 Å². The van der Waals surface area contributed by atoms with Crippen LogP contribution in [0, 0.1) is 0 Å². The third-order valence-corrected chi connectivity index (χ3v) is 4.18. The summed E-state index contributed by atoms with van der Waals surface area (Å²) in [6.45, 7) is 2.47. The van der Waals surface area contributed by atoms with Crippen molar-refractivity contribution >= 4 is 29.3 Å². The second kappa shape index (κ2) is 6.81. The van der Waals surface area contributed by atoms with E-state index in [0.29, 0.717) is 11.6 Å². The molecule has 1 aromatic heterocycles. The molecule has 2 aromatic rings. The molecule has 106 valence electrons. The van der Waals surface area contributed by atoms with Crippen molar-refractivity contribution in [1.82, 2.24) is 15.1 Å². The molecule has 1 aromatic carbocycles. The highest BCUT2D eigenvalue weighted by atomic mass is 35.5. The number of aromatic amines is 1. The lowest BCUT2D eigenvalue weighted by molar-refractivity contribution is -0.129. The fourth-order valence-electron chi connectivity index (χ4n) is 1.79. The molecule has 1 heterocycles. The van der Waals surface area contributed by atoms with Gasteiger partial charge in [0.25, 0.3) is 0 Å². The van der Waals surface area contributed by atoms with Gasteiger partial charge in [-0.25, -0.2) is 0 Å². The number of amides is 1. The van der Waals surface area contributed by atoms with Crippen LogP contribution in [0.3, 0.4) is 0 Å². The van der Waals surface area contributed by atoms with Crippen molar-refractivity contribution in [3.8, 4) is 0 Å². The Morgan fingerprint density at radius 1 is 1.45 bits per heavy atom. The highest BCUT2D eigenvalue weighted by Gasteiger charge is 2.19. The molecule has 2 rings (SSSR count). The molecule has 0 saturated carbocycles. The first-order chi connectivity index (χ1) is 9.56. The molecule has 1 N–H and O–H groups in total. The number of carbonyl (C=O) groups excluding carboxylic acids is 1. The highest BCUT2D eigenvalue weighted by Crippen LogP contribution is 2.25. The molecule has 0 fully saturated rings. The van der Waals surface area contributed by atoms with Gasteiger partial charge < -0.3 is 4.90 Å². The summed E-state index contributed by atoms with van der Waals surface area (Å²) in [5, 5.41) is 7.17. The molecule has 1 amide bonds. The van der Waals surface area contributed by atoms with Crippen LogP contribution in [0.15, 0.2) is 41.6 Å². The normalized spacial score (nSPS) is 12.2. The van der Waals surface area contributed by atoms with Crippen molar-refractivity contribution in [3.05, 3.63) is 47.2 Å². The summed E-state index contributed by atoms with van der Waals surface area (Å²) in [4.78, 5) is 15.0. The minimum Gasteiger partial charge on any atom is -0.340 e. The molecule has 0 aliphatic heterocycles. The molecule has 0 bridgehead atoms. The van der Waals surface area contributed by atoms with E-state index in [9.17, 15) is 4.79 Å². The quantitative estimate of drug-likeness (QED) is 0.863. The van der Waals surface area contributed by atoms with Gasteiger partial charge in [-0.1, -0.05) is 11.6 Å². The molecule has 6 heteroatoms. The zero-order valence-electron chi connectivity index (χ0n) is 11.3. The number of carbonyl (C=O) groups is 1. The van der Waals surface area contributed by atoms with Crippen LogP contribution in [0.25, 0.3) is 0 Å². The van der Waals surface area contributed by atoms with Gasteiger partial charge in [-0.05, 0) is 31.2 Å². The molecular weight excluding hydrogens is 294 g/mol. The lowest BCUT2D eigenvalue weighted by Gasteiger charge is -2.20. The van der Waals surface area contributed by atoms with Crippen molar-refractivity contribution < 1.29 is 4.79 Å². The number of benzene rings is 1. The van der Waals surface area contributed by atoms with Crippen molar-refractivity contribution in [2.45, 2.75) is 23.6 Å². The van der Waals surface area contributed by atoms with Crippen LogP contribution in [0.1, 0.15) is 12.5 Å². The third-order valence-electron chi connectivity index (χ3n) is 2.83. The highest BCUT2D eigenvalue weighted by molar-refractivity contribution is 8.00. The fraction of sp³-hybridized carbons (Fsp3) is 0.286. The van der Waals surface area contributed by atoms with E-state index >= 15 is 0 Å². The van der Waals surface area contributed by atoms with E-state index in [2.05, 4.69) is 10.2 Å². The number of rotatable bonds is 5. The van der Waals surface area contributed by atoms with Crippen molar-refractivity contribution in [2.24, 2.45) is 0 Å². The number of halogens is 1. The molecule has 1 unspecified atom stereocenters. The van der Waals surface area contributed by atoms with Gasteiger partial charge in [0, 0.05) is 35.3 Å². The molecule has 20 heavy (non-hydrogen) atoms. The number of thioether (sulfide) groups is 1. The summed E-state index contributed by atoms with van der Waals surface area (Å²) in [7, 11) is 1.80. The number of nitrogens with one attached hydrogen (secondary N) is 1. The van der Waals surface area contributed by atoms with Gasteiger partial charge in [0.1, 0.15) is 0 Å². The van der Waals surface area contributed by atoms with Gasteiger partial charge in [0.15, 0.2) is 0 Å². The van der Waals surface area contributed by atoms with Gasteiger partial charge in [-0.15, -0.1) is 11.8 Å². The first-order valence-electron chi connectivity index (χ1n) is 6.21. The van der Waals surface area contributed by atoms with Gasteiger partial charge in [-0.2, -0.15) is 5.10 Å². The Hall–Kier alpha value is -1.46. The summed E-state index contributed by atoms with van der Waals surface area (Å²) in [6.07, 6.45) is 3.52. The molecular formula is C14H16ClN3OS. The third kappa shape index (κ3) is 4.02. The number of aromatic nitrogens is 2. The number of hydrogen-bond acceptors (Lipinski definition) is 3. The Balaban J connectivity index is 1.92. The average Bonchev–Trinajstić information content (AvgIpc) is 2.93. The van der Waals surface area contributed by atoms with E-state index in [4.69, 9.17) is 11.6 Å². The van der Waals surface area contributed by atoms with Crippen LogP contribution in [0.5, 0.6) is 0 Å². The average molecular weight is 310 g/mol. The predicted octanol–water partition coefficient (Wildman–Crippen LogP) is 3.20. The van der Waals surface area contributed by atoms with Crippen LogP contribution in [0.2, 0.25) is 5.02 Å². The van der Waals surface area contributed by atoms with E-state index in [1.165, 1.54) is 11.8 Å². The zero-order valence-corrected chi connectivity index (χ0v) is 12.9. The largest absolute Gasteiger partial charge is 0.340 e. The fourth-order valence-corrected chi connectivity index (χ4v) is 2.90. The number of hydrogen-bond donors (Lipinski definition) is 1. The molecule has 0 spiro atoms. The Bertz CT molecular complexity index is 556. The monoisotopic (exact) mass is 309 g/mol. The second-order valence-electron chi connectivity index (χ2n) is 4.51. The second-order valence-corrected chi connectivity index (χ2v) is 6.37. The summed E-state index contributed by atoms with van der Waals surface area (Å²) in [5.74, 6) is 0.0890. The van der Waals surface area contributed by atoms with Crippen molar-refractivity contribution in [3.63, 3.8) is 0 Å². The van der Waals surface area contributed by atoms with E-state index in [1.807, 2.05) is 31.2 Å². The Morgan fingerprint density at radius 3 is 2.75 bits per heavy atom. The topological polar surface area (TPSA) is 49.0 Å². The number of nitrogens with zero attached hydrogens (tertiary/aromatic N) is 2. The molecule has 0 saturated heterocycles. The Kier molecular flexibility index (Phi) is 5.09. The smallest absolute Gasteiger partial charge is 0.235 e. The van der Waals surface area contributed by atoms with Crippen LogP contribution in [-0.4, -0.2) is 33.3 Å². The standard InChI is InChI=1S/C14H16ClN3OS/c1-10(20-13-5-3-12(15)4-6-13)14(19)18(2)9-11-7-16-17-8-11/h3-8,10H,9H2,1-2H3,(H,16,17). The maximum Gasteiger partial charge on any atom is 0.235 e. The van der Waals surface area contributed by atoms with Crippen LogP contribution in [-0.2, 0) is 11.3 Å². The van der Waals surface area contributed by atoms with Gasteiger partial charge in [0.05, 0.1) is 11.4 Å². The Labute approximate surface area is 127 Å². The Morgan fingerprint density at radius 2 is 2.15 bits per heavy atom. The molecule has 0 aliphatic carbocycles. The van der Waals surface area contributed by atoms with Gasteiger partial charge in [-0.3, -0.25) is 9.89 Å². The SMILES string of the molecule is CC(Sc1ccc(Cl)cc1)C(=O)N(C)Cc1cn[nH]c1. The number of H-pyrrole nitrogens is 1. The lowest BCUT2D eigenvalue weighted by Crippen LogP contribution is -2.32. The minimum atomic E-state index is -0.145. The molecule has 4 nitrogen and oxygen atoms in total. The van der Waals surface area contributed by atoms with E-state index in [1.54, 1.807) is 24.3 Å². The summed E-state index contributed by atoms with van der Waals surface area (Å²) >= 11 is 7.38. The molecule has 0 aliphatic rings. The zero-order chi connectivity index (χ0) is 14.5. The van der Waals surface area contributed by atoms with Crippen LogP contribution in [0.4, 0.5) is 0 Å². The lowest BCUT2D eigenvalue weighted by atomic mass is 10.3. The maximum absolute atomic E-state index is 12.3. The summed E-state index contributed by atoms with van der Waals surface area (Å²) in [5.41, 5.74) is 0.990. The maximum atomic E-state index is 12.3. The minimum absolute atomic E-state index is 0.0890. The van der Waals surface area contributed by atoms with Crippen molar-refractivity contribution in [2.75, 3.05) is 7.05 Å². The predicted molar refractivity (Wildman–Crippen MR) is 81.8 cm³/mol. The summed E-state index contributed by atoms with van der Waals surface area (Å²) < 4.78 is 0. The first-order valence-corrected chi connectivity index (χ1v) is 7.47. The van der Waals surface area contributed by atoms with E-state index in [-0.39, 0.29) is 11.2 Å². The summed E-state index contributed by atoms with van der Waals surface area (Å²) in [6, 6.07) is 7.51. The van der Waals surface area contributed by atoms with Gasteiger partial charge in [0.2, 0.25) is 5.91 Å². The van der Waals surface area contributed by atoms with Crippen LogP contribution >= 0.6 is 23.4 Å². The molecule has 1 atom stereocenters. The van der Waals surface area contributed by atoms with E-state index < -0.39 is 0 Å². The van der Waals surface area contributed by atoms with Crippen molar-refractivity contribution in [1.29, 1.82) is 0 Å². The van der Waals surface area contributed by atoms with Gasteiger partial charge >= 0.3 is 0 Å². The molecule has 0 radical (unpaired) electrons. The first kappa shape index (κ1) is 14.9. The van der Waals surface area contributed by atoms with Crippen LogP contribution < -0.4 is 0 Å².